The highest BCUT2D eigenvalue weighted by Crippen LogP contribution is 2.32. The molecule has 1 aromatic rings. The zero-order chi connectivity index (χ0) is 12.1. The fraction of sp³-hybridized carbons (Fsp3) is 0.786. The van der Waals surface area contributed by atoms with E-state index in [2.05, 4.69) is 16.5 Å². The van der Waals surface area contributed by atoms with Crippen molar-refractivity contribution in [3.63, 3.8) is 0 Å². The van der Waals surface area contributed by atoms with Crippen LogP contribution in [0.5, 0.6) is 0 Å². The van der Waals surface area contributed by atoms with Crippen molar-refractivity contribution < 1.29 is 5.11 Å². The van der Waals surface area contributed by atoms with Gasteiger partial charge in [0.15, 0.2) is 0 Å². The Bertz CT molecular complexity index is 327. The lowest BCUT2D eigenvalue weighted by molar-refractivity contribution is 0.0802. The fourth-order valence-corrected chi connectivity index (χ4v) is 2.87. The average Bonchev–Trinajstić information content (AvgIpc) is 2.75. The molecule has 3 heteroatoms. The van der Waals surface area contributed by atoms with Gasteiger partial charge in [0.25, 0.3) is 0 Å². The normalized spacial score (nSPS) is 20.8. The molecule has 96 valence electrons. The number of aliphatic hydroxyl groups excluding tert-OH is 1. The van der Waals surface area contributed by atoms with Crippen LogP contribution in [0.15, 0.2) is 12.4 Å². The summed E-state index contributed by atoms with van der Waals surface area (Å²) in [6, 6.07) is 0. The number of nitrogens with zero attached hydrogens (tertiary/aromatic N) is 2. The highest BCUT2D eigenvalue weighted by molar-refractivity contribution is 4.98. The van der Waals surface area contributed by atoms with Crippen molar-refractivity contribution in [1.82, 2.24) is 9.55 Å². The van der Waals surface area contributed by atoms with E-state index < -0.39 is 0 Å². The first-order valence-electron chi connectivity index (χ1n) is 7.02. The van der Waals surface area contributed by atoms with Crippen LogP contribution in [-0.4, -0.2) is 14.7 Å². The van der Waals surface area contributed by atoms with E-state index in [1.165, 1.54) is 32.1 Å². The average molecular weight is 236 g/mol. The number of aromatic nitrogens is 2. The van der Waals surface area contributed by atoms with Crippen LogP contribution in [0.25, 0.3) is 0 Å². The van der Waals surface area contributed by atoms with Gasteiger partial charge < -0.3 is 9.67 Å². The summed E-state index contributed by atoms with van der Waals surface area (Å²) in [5.74, 6) is 1.26. The summed E-state index contributed by atoms with van der Waals surface area (Å²) in [5.41, 5.74) is 0. The fourth-order valence-electron chi connectivity index (χ4n) is 2.87. The topological polar surface area (TPSA) is 38.0 Å². The van der Waals surface area contributed by atoms with Gasteiger partial charge in [-0.25, -0.2) is 4.98 Å². The Morgan fingerprint density at radius 2 is 1.94 bits per heavy atom. The lowest BCUT2D eigenvalue weighted by atomic mass is 9.87. The standard InChI is InChI=1S/C14H24N2O/c1-2-16-11-10-15-14(16)13(17)12-8-6-4-3-5-7-9-12/h10-13,17H,2-9H2,1H3. The van der Waals surface area contributed by atoms with Crippen LogP contribution in [0.1, 0.15) is 63.8 Å². The van der Waals surface area contributed by atoms with Gasteiger partial charge in [-0.2, -0.15) is 0 Å². The Morgan fingerprint density at radius 1 is 1.29 bits per heavy atom. The molecule has 0 bridgehead atoms. The molecule has 0 saturated heterocycles. The largest absolute Gasteiger partial charge is 0.385 e. The van der Waals surface area contributed by atoms with E-state index in [-0.39, 0.29) is 6.10 Å². The molecular weight excluding hydrogens is 212 g/mol. The second-order valence-electron chi connectivity index (χ2n) is 5.12. The van der Waals surface area contributed by atoms with E-state index >= 15 is 0 Å². The van der Waals surface area contributed by atoms with Crippen LogP contribution in [0, 0.1) is 5.92 Å². The van der Waals surface area contributed by atoms with Gasteiger partial charge in [0.05, 0.1) is 0 Å². The third-order valence-electron chi connectivity index (χ3n) is 3.95. The molecule has 1 aromatic heterocycles. The Kier molecular flexibility index (Phi) is 4.60. The maximum absolute atomic E-state index is 10.5. The molecule has 1 saturated carbocycles. The van der Waals surface area contributed by atoms with E-state index in [1.807, 2.05) is 6.20 Å². The Hall–Kier alpha value is -0.830. The minimum absolute atomic E-state index is 0.372. The van der Waals surface area contributed by atoms with Gasteiger partial charge in [0.2, 0.25) is 0 Å². The summed E-state index contributed by atoms with van der Waals surface area (Å²) in [6.45, 7) is 2.98. The summed E-state index contributed by atoms with van der Waals surface area (Å²) in [7, 11) is 0. The lowest BCUT2D eigenvalue weighted by Crippen LogP contribution is -2.18. The molecule has 1 N–H and O–H groups in total. The summed E-state index contributed by atoms with van der Waals surface area (Å²) in [4.78, 5) is 4.33. The van der Waals surface area contributed by atoms with Crippen molar-refractivity contribution in [3.8, 4) is 0 Å². The van der Waals surface area contributed by atoms with Crippen LogP contribution < -0.4 is 0 Å². The predicted octanol–water partition coefficient (Wildman–Crippen LogP) is 3.30. The van der Waals surface area contributed by atoms with Gasteiger partial charge in [-0.15, -0.1) is 0 Å². The first-order chi connectivity index (χ1) is 8.33. The number of hydrogen-bond donors (Lipinski definition) is 1. The van der Waals surface area contributed by atoms with E-state index in [9.17, 15) is 5.11 Å². The third kappa shape index (κ3) is 3.09. The maximum Gasteiger partial charge on any atom is 0.137 e. The van der Waals surface area contributed by atoms with Gasteiger partial charge in [0.1, 0.15) is 11.9 Å². The van der Waals surface area contributed by atoms with Crippen molar-refractivity contribution in [2.45, 2.75) is 64.5 Å². The second kappa shape index (κ2) is 6.20. The Balaban J connectivity index is 2.04. The minimum Gasteiger partial charge on any atom is -0.385 e. The molecule has 1 atom stereocenters. The number of hydrogen-bond acceptors (Lipinski definition) is 2. The zero-order valence-electron chi connectivity index (χ0n) is 10.8. The number of aliphatic hydroxyl groups is 1. The molecule has 0 radical (unpaired) electrons. The summed E-state index contributed by atoms with van der Waals surface area (Å²) in [6.07, 6.45) is 12.2. The van der Waals surface area contributed by atoms with E-state index in [0.717, 1.165) is 25.2 Å². The summed E-state index contributed by atoms with van der Waals surface area (Å²) < 4.78 is 2.06. The first-order valence-corrected chi connectivity index (χ1v) is 7.02. The molecule has 1 heterocycles. The van der Waals surface area contributed by atoms with Gasteiger partial charge >= 0.3 is 0 Å². The Labute approximate surface area is 104 Å². The van der Waals surface area contributed by atoms with Crippen LogP contribution >= 0.6 is 0 Å². The molecule has 0 aromatic carbocycles. The second-order valence-corrected chi connectivity index (χ2v) is 5.12. The van der Waals surface area contributed by atoms with Gasteiger partial charge in [-0.05, 0) is 25.7 Å². The molecule has 1 unspecified atom stereocenters. The van der Waals surface area contributed by atoms with Crippen molar-refractivity contribution >= 4 is 0 Å². The van der Waals surface area contributed by atoms with Crippen molar-refractivity contribution in [3.05, 3.63) is 18.2 Å². The quantitative estimate of drug-likeness (QED) is 0.874. The molecule has 1 aliphatic carbocycles. The van der Waals surface area contributed by atoms with Crippen molar-refractivity contribution in [2.75, 3.05) is 0 Å². The van der Waals surface area contributed by atoms with Gasteiger partial charge in [-0.1, -0.05) is 32.1 Å². The number of imidazole rings is 1. The number of rotatable bonds is 3. The van der Waals surface area contributed by atoms with E-state index in [1.54, 1.807) is 6.20 Å². The van der Waals surface area contributed by atoms with Crippen molar-refractivity contribution in [2.24, 2.45) is 5.92 Å². The van der Waals surface area contributed by atoms with Crippen LogP contribution in [0.2, 0.25) is 0 Å². The molecule has 0 amide bonds. The van der Waals surface area contributed by atoms with Crippen LogP contribution in [0.3, 0.4) is 0 Å². The summed E-state index contributed by atoms with van der Waals surface area (Å²) in [5, 5.41) is 10.5. The SMILES string of the molecule is CCn1ccnc1C(O)C1CCCCCCC1. The van der Waals surface area contributed by atoms with Gasteiger partial charge in [0, 0.05) is 18.9 Å². The predicted molar refractivity (Wildman–Crippen MR) is 68.7 cm³/mol. The highest BCUT2D eigenvalue weighted by Gasteiger charge is 2.24. The van der Waals surface area contributed by atoms with Crippen molar-refractivity contribution in [1.29, 1.82) is 0 Å². The van der Waals surface area contributed by atoms with Gasteiger partial charge in [-0.3, -0.25) is 0 Å². The zero-order valence-corrected chi connectivity index (χ0v) is 10.8. The van der Waals surface area contributed by atoms with Crippen LogP contribution in [-0.2, 0) is 6.54 Å². The Morgan fingerprint density at radius 3 is 2.59 bits per heavy atom. The maximum atomic E-state index is 10.5. The summed E-state index contributed by atoms with van der Waals surface area (Å²) >= 11 is 0. The lowest BCUT2D eigenvalue weighted by Gasteiger charge is -2.24. The van der Waals surface area contributed by atoms with Crippen LogP contribution in [0.4, 0.5) is 0 Å². The molecule has 0 aliphatic heterocycles. The highest BCUT2D eigenvalue weighted by atomic mass is 16.3. The molecule has 1 aliphatic rings. The molecular formula is C14H24N2O. The molecule has 1 fully saturated rings. The molecule has 2 rings (SSSR count). The van der Waals surface area contributed by atoms with E-state index in [0.29, 0.717) is 5.92 Å². The smallest absolute Gasteiger partial charge is 0.137 e. The molecule has 0 spiro atoms. The minimum atomic E-state index is -0.372. The number of aryl methyl sites for hydroxylation is 1. The third-order valence-corrected chi connectivity index (χ3v) is 3.95. The monoisotopic (exact) mass is 236 g/mol. The first kappa shape index (κ1) is 12.6. The molecule has 17 heavy (non-hydrogen) atoms. The van der Waals surface area contributed by atoms with E-state index in [4.69, 9.17) is 0 Å². The molecule has 3 nitrogen and oxygen atoms in total.